The van der Waals surface area contributed by atoms with Gasteiger partial charge in [0.1, 0.15) is 5.75 Å². The van der Waals surface area contributed by atoms with E-state index in [0.29, 0.717) is 10.7 Å². The summed E-state index contributed by atoms with van der Waals surface area (Å²) >= 11 is 5.72. The maximum absolute atomic E-state index is 12.2. The van der Waals surface area contributed by atoms with E-state index >= 15 is 0 Å². The van der Waals surface area contributed by atoms with E-state index in [-0.39, 0.29) is 10.9 Å². The third-order valence-corrected chi connectivity index (χ3v) is 4.89. The Balaban J connectivity index is 2.03. The molecule has 1 heterocycles. The largest absolute Gasteiger partial charge is 0.347 e. The molecule has 22 heavy (non-hydrogen) atoms. The van der Waals surface area contributed by atoms with Crippen molar-refractivity contribution in [2.24, 2.45) is 0 Å². The summed E-state index contributed by atoms with van der Waals surface area (Å²) in [7, 11) is -3.70. The van der Waals surface area contributed by atoms with Crippen LogP contribution < -0.4 is 5.32 Å². The van der Waals surface area contributed by atoms with Crippen molar-refractivity contribution in [2.45, 2.75) is 17.9 Å². The van der Waals surface area contributed by atoms with Crippen molar-refractivity contribution < 1.29 is 13.2 Å². The maximum atomic E-state index is 12.2. The number of nitrogens with zero attached hydrogens (tertiary/aromatic N) is 1. The number of sulfone groups is 1. The van der Waals surface area contributed by atoms with Gasteiger partial charge in [-0.25, -0.2) is 8.42 Å². The van der Waals surface area contributed by atoms with Gasteiger partial charge >= 0.3 is 0 Å². The molecule has 2 aromatic rings. The Morgan fingerprint density at radius 2 is 1.91 bits per heavy atom. The van der Waals surface area contributed by atoms with E-state index < -0.39 is 21.5 Å². The number of pyridine rings is 1. The lowest BCUT2D eigenvalue weighted by atomic mass is 10.2. The molecule has 2 rings (SSSR count). The zero-order valence-electron chi connectivity index (χ0n) is 11.9. The summed E-state index contributed by atoms with van der Waals surface area (Å²) in [5.41, 5.74) is 0.666. The van der Waals surface area contributed by atoms with Crippen molar-refractivity contribution in [2.75, 3.05) is 5.75 Å². The number of nitrogens with one attached hydrogen (secondary N) is 1. The Kier molecular flexibility index (Phi) is 5.15. The summed E-state index contributed by atoms with van der Waals surface area (Å²) in [6.07, 6.45) is 1.61. The summed E-state index contributed by atoms with van der Waals surface area (Å²) < 4.78 is 24.3. The smallest absolute Gasteiger partial charge is 0.236 e. The molecule has 116 valence electrons. The molecule has 5 nitrogen and oxygen atoms in total. The van der Waals surface area contributed by atoms with Crippen LogP contribution in [0.2, 0.25) is 5.02 Å². The monoisotopic (exact) mass is 338 g/mol. The van der Waals surface area contributed by atoms with Crippen LogP contribution in [0.5, 0.6) is 0 Å². The fourth-order valence-corrected chi connectivity index (χ4v) is 3.16. The average molecular weight is 339 g/mol. The summed E-state index contributed by atoms with van der Waals surface area (Å²) in [5.74, 6) is -1.20. The lowest BCUT2D eigenvalue weighted by molar-refractivity contribution is -0.119. The highest BCUT2D eigenvalue weighted by molar-refractivity contribution is 7.92. The fourth-order valence-electron chi connectivity index (χ4n) is 1.89. The molecule has 1 amide bonds. The summed E-state index contributed by atoms with van der Waals surface area (Å²) in [5, 5.41) is 3.06. The molecule has 0 bridgehead atoms. The molecule has 0 unspecified atom stereocenters. The normalized spacial score (nSPS) is 12.6. The molecule has 0 spiro atoms. The highest BCUT2D eigenvalue weighted by Crippen LogP contribution is 2.16. The predicted molar refractivity (Wildman–Crippen MR) is 84.3 cm³/mol. The zero-order valence-corrected chi connectivity index (χ0v) is 13.4. The Morgan fingerprint density at radius 3 is 2.50 bits per heavy atom. The Labute approximate surface area is 134 Å². The van der Waals surface area contributed by atoms with Crippen LogP contribution in [-0.2, 0) is 14.6 Å². The number of hydrogen-bond acceptors (Lipinski definition) is 4. The number of hydrogen-bond donors (Lipinski definition) is 1. The standard InChI is InChI=1S/C15H15ClN2O3S/c1-11(14-4-2-3-9-17-14)18-15(19)10-22(20,21)13-7-5-12(16)6-8-13/h2-9,11H,10H2,1H3,(H,18,19)/t11-/m0/s1. The molecule has 0 aliphatic rings. The van der Waals surface area contributed by atoms with Crippen molar-refractivity contribution in [3.63, 3.8) is 0 Å². The summed E-state index contributed by atoms with van der Waals surface area (Å²) in [6.45, 7) is 1.75. The molecule has 0 saturated carbocycles. The molecular weight excluding hydrogens is 324 g/mol. The van der Waals surface area contributed by atoms with Crippen molar-refractivity contribution >= 4 is 27.3 Å². The van der Waals surface area contributed by atoms with Crippen LogP contribution in [0.25, 0.3) is 0 Å². The SMILES string of the molecule is C[C@H](NC(=O)CS(=O)(=O)c1ccc(Cl)cc1)c1ccccn1. The Hall–Kier alpha value is -1.92. The van der Waals surface area contributed by atoms with Gasteiger partial charge in [0.05, 0.1) is 16.6 Å². The molecule has 0 saturated heterocycles. The third-order valence-electron chi connectivity index (χ3n) is 3.00. The minimum absolute atomic E-state index is 0.0672. The van der Waals surface area contributed by atoms with Crippen molar-refractivity contribution in [1.82, 2.24) is 10.3 Å². The number of rotatable bonds is 5. The van der Waals surface area contributed by atoms with Crippen LogP contribution >= 0.6 is 11.6 Å². The van der Waals surface area contributed by atoms with Gasteiger partial charge in [-0.05, 0) is 43.3 Å². The number of carbonyl (C=O) groups is 1. The third kappa shape index (κ3) is 4.29. The first kappa shape index (κ1) is 16.5. The van der Waals surface area contributed by atoms with Gasteiger partial charge < -0.3 is 5.32 Å². The van der Waals surface area contributed by atoms with E-state index in [1.54, 1.807) is 31.3 Å². The predicted octanol–water partition coefficient (Wildman–Crippen LogP) is 2.39. The van der Waals surface area contributed by atoms with Gasteiger partial charge in [0.15, 0.2) is 9.84 Å². The number of benzene rings is 1. The average Bonchev–Trinajstić information content (AvgIpc) is 2.48. The molecule has 0 aliphatic carbocycles. The van der Waals surface area contributed by atoms with Crippen LogP contribution in [0.1, 0.15) is 18.7 Å². The maximum Gasteiger partial charge on any atom is 0.236 e. The van der Waals surface area contributed by atoms with Gasteiger partial charge in [0.2, 0.25) is 5.91 Å². The van der Waals surface area contributed by atoms with Gasteiger partial charge in [0.25, 0.3) is 0 Å². The second kappa shape index (κ2) is 6.89. The van der Waals surface area contributed by atoms with Crippen LogP contribution in [0, 0.1) is 0 Å². The second-order valence-corrected chi connectivity index (χ2v) is 7.18. The number of carbonyl (C=O) groups excluding carboxylic acids is 1. The van der Waals surface area contributed by atoms with E-state index in [2.05, 4.69) is 10.3 Å². The lowest BCUT2D eigenvalue weighted by Crippen LogP contribution is -2.32. The van der Waals surface area contributed by atoms with Gasteiger partial charge in [-0.3, -0.25) is 9.78 Å². The molecule has 0 aliphatic heterocycles. The summed E-state index contributed by atoms with van der Waals surface area (Å²) in [6, 6.07) is 10.7. The molecule has 1 aromatic carbocycles. The van der Waals surface area contributed by atoms with Crippen molar-refractivity contribution in [1.29, 1.82) is 0 Å². The van der Waals surface area contributed by atoms with E-state index in [4.69, 9.17) is 11.6 Å². The second-order valence-electron chi connectivity index (χ2n) is 4.76. The van der Waals surface area contributed by atoms with E-state index in [1.165, 1.54) is 24.3 Å². The van der Waals surface area contributed by atoms with Gasteiger partial charge in [0, 0.05) is 11.2 Å². The first-order valence-corrected chi connectivity index (χ1v) is 8.60. The van der Waals surface area contributed by atoms with Crippen molar-refractivity contribution in [3.8, 4) is 0 Å². The number of aromatic nitrogens is 1. The van der Waals surface area contributed by atoms with Crippen LogP contribution in [0.3, 0.4) is 0 Å². The van der Waals surface area contributed by atoms with Gasteiger partial charge in [-0.2, -0.15) is 0 Å². The highest BCUT2D eigenvalue weighted by Gasteiger charge is 2.21. The molecule has 1 atom stereocenters. The zero-order chi connectivity index (χ0) is 16.2. The van der Waals surface area contributed by atoms with Crippen molar-refractivity contribution in [3.05, 3.63) is 59.4 Å². The lowest BCUT2D eigenvalue weighted by Gasteiger charge is -2.13. The quantitative estimate of drug-likeness (QED) is 0.908. The fraction of sp³-hybridized carbons (Fsp3) is 0.200. The van der Waals surface area contributed by atoms with Crippen LogP contribution in [0.4, 0.5) is 0 Å². The minimum Gasteiger partial charge on any atom is -0.347 e. The molecule has 0 fully saturated rings. The first-order valence-electron chi connectivity index (χ1n) is 6.57. The van der Waals surface area contributed by atoms with E-state index in [0.717, 1.165) is 0 Å². The molecular formula is C15H15ClN2O3S. The Morgan fingerprint density at radius 1 is 1.23 bits per heavy atom. The highest BCUT2D eigenvalue weighted by atomic mass is 35.5. The number of halogens is 1. The van der Waals surface area contributed by atoms with E-state index in [1.807, 2.05) is 0 Å². The first-order chi connectivity index (χ1) is 10.4. The Bertz CT molecular complexity index is 746. The summed E-state index contributed by atoms with van der Waals surface area (Å²) in [4.78, 5) is 16.1. The molecule has 1 aromatic heterocycles. The minimum atomic E-state index is -3.70. The molecule has 1 N–H and O–H groups in total. The molecule has 0 radical (unpaired) electrons. The van der Waals surface area contributed by atoms with Crippen LogP contribution in [-0.4, -0.2) is 25.1 Å². The topological polar surface area (TPSA) is 76.1 Å². The van der Waals surface area contributed by atoms with E-state index in [9.17, 15) is 13.2 Å². The van der Waals surface area contributed by atoms with Gasteiger partial charge in [-0.15, -0.1) is 0 Å². The van der Waals surface area contributed by atoms with Gasteiger partial charge in [-0.1, -0.05) is 17.7 Å². The number of amides is 1. The molecule has 7 heteroatoms. The van der Waals surface area contributed by atoms with Crippen LogP contribution in [0.15, 0.2) is 53.6 Å².